The number of hydrogen-bond donors (Lipinski definition) is 1. The summed E-state index contributed by atoms with van der Waals surface area (Å²) >= 11 is 6.74. The minimum absolute atomic E-state index is 0.00669. The van der Waals surface area contributed by atoms with Gasteiger partial charge in [0.2, 0.25) is 0 Å². The molecule has 0 bridgehead atoms. The van der Waals surface area contributed by atoms with E-state index in [1.54, 1.807) is 0 Å². The van der Waals surface area contributed by atoms with Crippen LogP contribution in [0.3, 0.4) is 0 Å². The van der Waals surface area contributed by atoms with Gasteiger partial charge in [0, 0.05) is 11.8 Å². The van der Waals surface area contributed by atoms with Crippen molar-refractivity contribution in [3.05, 3.63) is 11.6 Å². The number of rotatable bonds is 0. The first-order valence-corrected chi connectivity index (χ1v) is 9.37. The summed E-state index contributed by atoms with van der Waals surface area (Å²) in [4.78, 5) is 11.9. The van der Waals surface area contributed by atoms with Crippen LogP contribution in [-0.2, 0) is 4.79 Å². The maximum absolute atomic E-state index is 11.9. The fourth-order valence-corrected chi connectivity index (χ4v) is 6.99. The molecule has 4 aliphatic rings. The molecule has 1 unspecified atom stereocenters. The molecule has 4 aliphatic carbocycles. The normalized spacial score (nSPS) is 54.3. The summed E-state index contributed by atoms with van der Waals surface area (Å²) in [5, 5.41) is 10.4. The molecule has 3 heteroatoms. The van der Waals surface area contributed by atoms with Crippen LogP contribution in [0.15, 0.2) is 11.6 Å². The summed E-state index contributed by atoms with van der Waals surface area (Å²) in [6.07, 6.45) is 8.88. The Kier molecular flexibility index (Phi) is 3.34. The van der Waals surface area contributed by atoms with E-state index in [-0.39, 0.29) is 28.1 Å². The Morgan fingerprint density at radius 3 is 2.73 bits per heavy atom. The first-order valence-electron chi connectivity index (χ1n) is 8.93. The summed E-state index contributed by atoms with van der Waals surface area (Å²) in [7, 11) is 0. The number of aliphatic hydroxyl groups is 1. The molecule has 2 nitrogen and oxygen atoms in total. The molecule has 22 heavy (non-hydrogen) atoms. The van der Waals surface area contributed by atoms with Gasteiger partial charge in [-0.25, -0.2) is 0 Å². The summed E-state index contributed by atoms with van der Waals surface area (Å²) in [6.45, 7) is 4.62. The van der Waals surface area contributed by atoms with Crippen LogP contribution in [0, 0.1) is 28.6 Å². The first kappa shape index (κ1) is 15.2. The molecule has 0 spiro atoms. The number of allylic oxidation sites excluding steroid dienone is 1. The molecule has 0 amide bonds. The van der Waals surface area contributed by atoms with Crippen LogP contribution in [0.1, 0.15) is 58.8 Å². The zero-order chi connectivity index (χ0) is 15.7. The molecule has 0 aromatic rings. The van der Waals surface area contributed by atoms with Crippen LogP contribution in [-0.4, -0.2) is 22.4 Å². The number of hydrogen-bond acceptors (Lipinski definition) is 2. The predicted octanol–water partition coefficient (Wildman–Crippen LogP) is 4.10. The molecule has 0 aliphatic heterocycles. The van der Waals surface area contributed by atoms with Gasteiger partial charge in [-0.2, -0.15) is 0 Å². The Labute approximate surface area is 138 Å². The third-order valence-corrected chi connectivity index (χ3v) is 8.57. The van der Waals surface area contributed by atoms with Gasteiger partial charge in [0.05, 0.1) is 11.5 Å². The second kappa shape index (κ2) is 4.83. The van der Waals surface area contributed by atoms with E-state index in [9.17, 15) is 9.90 Å². The number of ketones is 1. The lowest BCUT2D eigenvalue weighted by Crippen LogP contribution is -2.54. The van der Waals surface area contributed by atoms with Gasteiger partial charge in [-0.15, -0.1) is 11.6 Å². The van der Waals surface area contributed by atoms with E-state index in [1.165, 1.54) is 18.4 Å². The second-order valence-electron chi connectivity index (χ2n) is 8.64. The van der Waals surface area contributed by atoms with E-state index in [4.69, 9.17) is 11.6 Å². The summed E-state index contributed by atoms with van der Waals surface area (Å²) in [5.74, 6) is 2.11. The first-order chi connectivity index (χ1) is 10.4. The van der Waals surface area contributed by atoms with E-state index in [0.29, 0.717) is 24.2 Å². The Bertz CT molecular complexity index is 542. The average Bonchev–Trinajstić information content (AvgIpc) is 2.77. The third kappa shape index (κ3) is 1.80. The quantitative estimate of drug-likeness (QED) is 0.682. The second-order valence-corrected chi connectivity index (χ2v) is 9.17. The van der Waals surface area contributed by atoms with Crippen molar-refractivity contribution in [3.63, 3.8) is 0 Å². The molecule has 3 saturated carbocycles. The maximum atomic E-state index is 11.9. The molecule has 3 fully saturated rings. The highest BCUT2D eigenvalue weighted by molar-refractivity contribution is 6.23. The lowest BCUT2D eigenvalue weighted by atomic mass is 9.47. The van der Waals surface area contributed by atoms with Crippen LogP contribution in [0.25, 0.3) is 0 Å². The Morgan fingerprint density at radius 1 is 1.18 bits per heavy atom. The molecule has 0 saturated heterocycles. The van der Waals surface area contributed by atoms with Crippen molar-refractivity contribution in [3.8, 4) is 0 Å². The molecule has 7 atom stereocenters. The molecule has 0 aromatic carbocycles. The van der Waals surface area contributed by atoms with Crippen molar-refractivity contribution in [2.24, 2.45) is 28.6 Å². The molecule has 0 heterocycles. The van der Waals surface area contributed by atoms with E-state index < -0.39 is 0 Å². The summed E-state index contributed by atoms with van der Waals surface area (Å²) < 4.78 is 0. The van der Waals surface area contributed by atoms with Crippen molar-refractivity contribution in [2.45, 2.75) is 70.3 Å². The Balaban J connectivity index is 1.72. The van der Waals surface area contributed by atoms with Crippen LogP contribution >= 0.6 is 11.6 Å². The SMILES string of the molecule is C[C@]12CC[C@H]3[C@@H](CCC4=CC(=O)CC(Cl)[C@@]43C)[C@@H]1CC[C@@H]2O. The molecular weight excluding hydrogens is 296 g/mol. The van der Waals surface area contributed by atoms with Crippen LogP contribution < -0.4 is 0 Å². The molecular formula is C19H27ClO2. The highest BCUT2D eigenvalue weighted by atomic mass is 35.5. The summed E-state index contributed by atoms with van der Waals surface area (Å²) in [6, 6.07) is 0. The smallest absolute Gasteiger partial charge is 0.157 e. The van der Waals surface area contributed by atoms with Crippen LogP contribution in [0.5, 0.6) is 0 Å². The van der Waals surface area contributed by atoms with Crippen LogP contribution in [0.2, 0.25) is 0 Å². The average molecular weight is 323 g/mol. The zero-order valence-corrected chi connectivity index (χ0v) is 14.4. The van der Waals surface area contributed by atoms with Gasteiger partial charge in [0.15, 0.2) is 5.78 Å². The van der Waals surface area contributed by atoms with Crippen molar-refractivity contribution >= 4 is 17.4 Å². The van der Waals surface area contributed by atoms with Crippen molar-refractivity contribution < 1.29 is 9.90 Å². The predicted molar refractivity (Wildman–Crippen MR) is 87.7 cm³/mol. The van der Waals surface area contributed by atoms with Crippen molar-refractivity contribution in [1.82, 2.24) is 0 Å². The lowest BCUT2D eigenvalue weighted by Gasteiger charge is -2.58. The minimum Gasteiger partial charge on any atom is -0.393 e. The van der Waals surface area contributed by atoms with Crippen molar-refractivity contribution in [2.75, 3.05) is 0 Å². The molecule has 0 aromatic heterocycles. The number of carbonyl (C=O) groups excluding carboxylic acids is 1. The third-order valence-electron chi connectivity index (χ3n) is 7.96. The highest BCUT2D eigenvalue weighted by Gasteiger charge is 2.60. The fourth-order valence-electron chi connectivity index (χ4n) is 6.54. The lowest BCUT2D eigenvalue weighted by molar-refractivity contribution is -0.117. The van der Waals surface area contributed by atoms with Crippen molar-refractivity contribution in [1.29, 1.82) is 0 Å². The number of fused-ring (bicyclic) bond motifs is 5. The van der Waals surface area contributed by atoms with Gasteiger partial charge in [0.1, 0.15) is 0 Å². The molecule has 4 rings (SSSR count). The van der Waals surface area contributed by atoms with E-state index >= 15 is 0 Å². The minimum atomic E-state index is -0.122. The standard InChI is InChI=1S/C19H27ClO2/c1-18-8-7-15-13(14(18)5-6-17(18)22)4-3-11-9-12(21)10-16(20)19(11,15)2/h9,13-17,22H,3-8,10H2,1-2H3/t13-,14-,15-,16?,17-,18-,19-/m0/s1. The van der Waals surface area contributed by atoms with Crippen LogP contribution in [0.4, 0.5) is 0 Å². The molecule has 1 N–H and O–H groups in total. The zero-order valence-electron chi connectivity index (χ0n) is 13.6. The number of halogens is 1. The molecule has 0 radical (unpaired) electrons. The van der Waals surface area contributed by atoms with E-state index in [2.05, 4.69) is 13.8 Å². The van der Waals surface area contributed by atoms with Gasteiger partial charge >= 0.3 is 0 Å². The Morgan fingerprint density at radius 2 is 1.95 bits per heavy atom. The van der Waals surface area contributed by atoms with Gasteiger partial charge in [0.25, 0.3) is 0 Å². The van der Waals surface area contributed by atoms with E-state index in [1.807, 2.05) is 6.08 Å². The fraction of sp³-hybridized carbons (Fsp3) is 0.842. The topological polar surface area (TPSA) is 37.3 Å². The van der Waals surface area contributed by atoms with Gasteiger partial charge in [-0.05, 0) is 67.8 Å². The largest absolute Gasteiger partial charge is 0.393 e. The maximum Gasteiger partial charge on any atom is 0.157 e. The van der Waals surface area contributed by atoms with Gasteiger partial charge < -0.3 is 5.11 Å². The monoisotopic (exact) mass is 322 g/mol. The summed E-state index contributed by atoms with van der Waals surface area (Å²) in [5.41, 5.74) is 1.42. The number of aliphatic hydroxyl groups excluding tert-OH is 1. The van der Waals surface area contributed by atoms with Gasteiger partial charge in [-0.3, -0.25) is 4.79 Å². The number of alkyl halides is 1. The molecule has 122 valence electrons. The van der Waals surface area contributed by atoms with E-state index in [0.717, 1.165) is 25.7 Å². The number of carbonyl (C=O) groups is 1. The Hall–Kier alpha value is -0.340. The highest BCUT2D eigenvalue weighted by Crippen LogP contribution is 2.65. The van der Waals surface area contributed by atoms with Gasteiger partial charge in [-0.1, -0.05) is 19.4 Å².